The molecular weight excluding hydrogens is 453 g/mol. The van der Waals surface area contributed by atoms with Gasteiger partial charge >= 0.3 is 20.7 Å². The van der Waals surface area contributed by atoms with E-state index in [1.165, 1.54) is 0 Å². The predicted molar refractivity (Wildman–Crippen MR) is 130 cm³/mol. The third kappa shape index (κ3) is 14.4. The number of esters is 1. The summed E-state index contributed by atoms with van der Waals surface area (Å²) in [6.45, 7) is 22.4. The van der Waals surface area contributed by atoms with Crippen molar-refractivity contribution in [2.75, 3.05) is 6.61 Å². The summed E-state index contributed by atoms with van der Waals surface area (Å²) in [6.07, 6.45) is 1.30. The number of carboxylic acid groups (broad SMARTS) is 1. The quantitative estimate of drug-likeness (QED) is 0.144. The van der Waals surface area contributed by atoms with Crippen LogP contribution in [0.25, 0.3) is 0 Å². The summed E-state index contributed by atoms with van der Waals surface area (Å²) < 4.78 is 25.3. The van der Waals surface area contributed by atoms with Gasteiger partial charge in [-0.25, -0.2) is 4.79 Å². The predicted octanol–water partition coefficient (Wildman–Crippen LogP) is 5.22. The molecule has 0 aliphatic carbocycles. The second kappa shape index (κ2) is 11.9. The molecule has 30 heavy (non-hydrogen) atoms. The van der Waals surface area contributed by atoms with Gasteiger partial charge in [0.2, 0.25) is 0 Å². The maximum absolute atomic E-state index is 11.7. The molecule has 0 fully saturated rings. The molecule has 0 aliphatic rings. The van der Waals surface area contributed by atoms with Crippen LogP contribution in [0.1, 0.15) is 26.2 Å². The van der Waals surface area contributed by atoms with E-state index in [0.29, 0.717) is 24.5 Å². The van der Waals surface area contributed by atoms with E-state index in [1.807, 2.05) is 0 Å². The van der Waals surface area contributed by atoms with Gasteiger partial charge in [0.1, 0.15) is 0 Å². The maximum atomic E-state index is 11.7. The lowest BCUT2D eigenvalue weighted by atomic mass is 10.3. The number of carbonyl (C=O) groups is 2. The van der Waals surface area contributed by atoms with E-state index in [4.69, 9.17) is 22.2 Å². The average Bonchev–Trinajstić information content (AvgIpc) is 2.46. The number of ether oxygens (including phenoxy) is 1. The van der Waals surface area contributed by atoms with Gasteiger partial charge in [0.15, 0.2) is 25.0 Å². The fourth-order valence-corrected chi connectivity index (χ4v) is 18.6. The van der Waals surface area contributed by atoms with E-state index in [2.05, 4.69) is 59.0 Å². The van der Waals surface area contributed by atoms with E-state index in [0.717, 1.165) is 6.04 Å². The minimum absolute atomic E-state index is 0.134. The highest BCUT2D eigenvalue weighted by atomic mass is 28.5. The van der Waals surface area contributed by atoms with Crippen molar-refractivity contribution < 1.29 is 31.8 Å². The lowest BCUT2D eigenvalue weighted by molar-refractivity contribution is -0.139. The highest BCUT2D eigenvalue weighted by Gasteiger charge is 2.50. The van der Waals surface area contributed by atoms with Crippen molar-refractivity contribution in [1.82, 2.24) is 0 Å². The second-order valence-corrected chi connectivity index (χ2v) is 27.0. The molecule has 0 bridgehead atoms. The molecule has 7 nitrogen and oxygen atoms in total. The molecule has 0 saturated carbocycles. The number of aliphatic carboxylic acids is 1. The lowest BCUT2D eigenvalue weighted by Gasteiger charge is -2.43. The molecule has 0 spiro atoms. The molecule has 0 aromatic carbocycles. The van der Waals surface area contributed by atoms with Gasteiger partial charge in [0.25, 0.3) is 0 Å². The first-order valence-electron chi connectivity index (χ1n) is 10.5. The van der Waals surface area contributed by atoms with Gasteiger partial charge in [-0.05, 0) is 78.2 Å². The highest BCUT2D eigenvalue weighted by molar-refractivity contribution is 6.90. The normalized spacial score (nSPS) is 13.2. The van der Waals surface area contributed by atoms with Crippen LogP contribution in [0.2, 0.25) is 64.5 Å². The Labute approximate surface area is 186 Å². The summed E-state index contributed by atoms with van der Waals surface area (Å²) in [5, 5.41) is 8.97. The Bertz CT molecular complexity index is 579. The first-order chi connectivity index (χ1) is 13.4. The molecular formula is C19H42O7Si4. The Kier molecular flexibility index (Phi) is 11.7. The molecule has 0 aliphatic heterocycles. The Morgan fingerprint density at radius 3 is 1.73 bits per heavy atom. The Hall–Kier alpha value is -0.572. The first kappa shape index (κ1) is 29.4. The van der Waals surface area contributed by atoms with Gasteiger partial charge in [-0.3, -0.25) is 4.79 Å². The largest absolute Gasteiger partial charge is 0.481 e. The molecule has 0 unspecified atom stereocenters. The second-order valence-electron chi connectivity index (χ2n) is 10.2. The molecule has 0 rings (SSSR count). The van der Waals surface area contributed by atoms with Gasteiger partial charge in [-0.1, -0.05) is 6.58 Å². The number of hydrogen-bond donors (Lipinski definition) is 1. The molecule has 0 heterocycles. The lowest BCUT2D eigenvalue weighted by Crippen LogP contribution is -2.61. The zero-order valence-electron chi connectivity index (χ0n) is 20.3. The van der Waals surface area contributed by atoms with Gasteiger partial charge in [-0.2, -0.15) is 0 Å². The van der Waals surface area contributed by atoms with Gasteiger partial charge in [-0.15, -0.1) is 0 Å². The molecule has 0 radical (unpaired) electrons. The fourth-order valence-electron chi connectivity index (χ4n) is 2.86. The van der Waals surface area contributed by atoms with Crippen molar-refractivity contribution in [3.05, 3.63) is 12.2 Å². The van der Waals surface area contributed by atoms with Crippen molar-refractivity contribution in [2.45, 2.75) is 90.7 Å². The molecule has 0 saturated heterocycles. The van der Waals surface area contributed by atoms with Crippen LogP contribution in [-0.2, 0) is 26.7 Å². The van der Waals surface area contributed by atoms with Crippen molar-refractivity contribution in [1.29, 1.82) is 0 Å². The van der Waals surface area contributed by atoms with Gasteiger partial charge in [0, 0.05) is 18.0 Å². The Morgan fingerprint density at radius 1 is 0.833 bits per heavy atom. The van der Waals surface area contributed by atoms with E-state index in [1.54, 1.807) is 6.92 Å². The van der Waals surface area contributed by atoms with Crippen LogP contribution in [0.3, 0.4) is 0 Å². The highest BCUT2D eigenvalue weighted by Crippen LogP contribution is 2.31. The number of hydrogen-bond acceptors (Lipinski definition) is 6. The van der Waals surface area contributed by atoms with Crippen LogP contribution < -0.4 is 0 Å². The zero-order valence-corrected chi connectivity index (χ0v) is 24.3. The standard InChI is InChI=1S/C19H42O7Si4/c1-17(2)19(22)23-14-12-16-30(24-27(3,4)5,25-28(6,7)8)26-29(9,10)15-11-13-18(20)21/h1,11-16H2,2-10H3,(H,20,21). The van der Waals surface area contributed by atoms with Crippen LogP contribution in [0.15, 0.2) is 12.2 Å². The fraction of sp³-hybridized carbons (Fsp3) is 0.789. The number of rotatable bonds is 15. The van der Waals surface area contributed by atoms with Crippen LogP contribution in [0.4, 0.5) is 0 Å². The van der Waals surface area contributed by atoms with Crippen LogP contribution in [0, 0.1) is 0 Å². The van der Waals surface area contributed by atoms with Crippen molar-refractivity contribution in [3.8, 4) is 0 Å². The SMILES string of the molecule is C=C(C)C(=O)OCCC[Si](O[Si](C)(C)C)(O[Si](C)(C)C)O[Si](C)(C)CCCC(=O)O. The summed E-state index contributed by atoms with van der Waals surface area (Å²) in [6, 6.07) is 1.29. The summed E-state index contributed by atoms with van der Waals surface area (Å²) in [4.78, 5) is 22.6. The molecule has 0 aromatic rings. The smallest absolute Gasteiger partial charge is 0.469 e. The molecule has 11 heteroatoms. The summed E-state index contributed by atoms with van der Waals surface area (Å²) in [5.74, 6) is -1.19. The third-order valence-electron chi connectivity index (χ3n) is 3.73. The van der Waals surface area contributed by atoms with Gasteiger partial charge < -0.3 is 22.2 Å². The summed E-state index contributed by atoms with van der Waals surface area (Å²) in [5.41, 5.74) is 0.374. The molecule has 0 aromatic heterocycles. The minimum Gasteiger partial charge on any atom is -0.481 e. The van der Waals surface area contributed by atoms with E-state index < -0.39 is 45.7 Å². The molecule has 0 amide bonds. The molecule has 1 N–H and O–H groups in total. The van der Waals surface area contributed by atoms with Crippen LogP contribution in [-0.4, -0.2) is 57.4 Å². The number of carbonyl (C=O) groups excluding carboxylic acids is 1. The Balaban J connectivity index is 5.55. The summed E-state index contributed by atoms with van der Waals surface area (Å²) in [7, 11) is -9.29. The summed E-state index contributed by atoms with van der Waals surface area (Å²) >= 11 is 0. The van der Waals surface area contributed by atoms with Crippen LogP contribution in [0.5, 0.6) is 0 Å². The molecule has 176 valence electrons. The van der Waals surface area contributed by atoms with Gasteiger partial charge in [0.05, 0.1) is 6.61 Å². The topological polar surface area (TPSA) is 91.3 Å². The van der Waals surface area contributed by atoms with Crippen LogP contribution >= 0.6 is 0 Å². The zero-order chi connectivity index (χ0) is 23.8. The third-order valence-corrected chi connectivity index (χ3v) is 17.1. The van der Waals surface area contributed by atoms with Crippen molar-refractivity contribution >= 4 is 45.7 Å². The first-order valence-corrected chi connectivity index (χ1v) is 22.4. The van der Waals surface area contributed by atoms with E-state index in [9.17, 15) is 9.59 Å². The maximum Gasteiger partial charge on any atom is 0.469 e. The van der Waals surface area contributed by atoms with E-state index in [-0.39, 0.29) is 13.0 Å². The monoisotopic (exact) mass is 494 g/mol. The molecule has 0 atom stereocenters. The Morgan fingerprint density at radius 2 is 1.33 bits per heavy atom. The van der Waals surface area contributed by atoms with Crippen molar-refractivity contribution in [2.24, 2.45) is 0 Å². The average molecular weight is 495 g/mol. The van der Waals surface area contributed by atoms with Crippen molar-refractivity contribution in [3.63, 3.8) is 0 Å². The minimum atomic E-state index is -3.05. The number of carboxylic acids is 1. The van der Waals surface area contributed by atoms with E-state index >= 15 is 0 Å².